The summed E-state index contributed by atoms with van der Waals surface area (Å²) in [7, 11) is 3.96. The van der Waals surface area contributed by atoms with Crippen molar-refractivity contribution in [1.29, 1.82) is 0 Å². The number of nitrogens with zero attached hydrogens (tertiary/aromatic N) is 1. The molecule has 0 aliphatic carbocycles. The van der Waals surface area contributed by atoms with E-state index in [0.717, 1.165) is 23.2 Å². The van der Waals surface area contributed by atoms with Crippen LogP contribution in [0.5, 0.6) is 11.5 Å². The third kappa shape index (κ3) is 6.59. The number of hydrogen-bond acceptors (Lipinski definition) is 4. The summed E-state index contributed by atoms with van der Waals surface area (Å²) in [4.78, 5) is 14.8. The molecule has 0 aromatic heterocycles. The lowest BCUT2D eigenvalue weighted by molar-refractivity contribution is 0.0949. The SMILES string of the molecule is Cc1c(C(=O)NCCN(C)C)ccc(OCc2ccccc2)c1OCc1ccccc1. The standard InChI is InChI=1S/C26H30N2O3/c1-20-23(26(29)27-16-17-28(2)3)14-15-24(30-18-21-10-6-4-7-11-21)25(20)31-19-22-12-8-5-9-13-22/h4-15H,16-19H2,1-3H3,(H,27,29). The van der Waals surface area contributed by atoms with Crippen LogP contribution in [0, 0.1) is 6.92 Å². The minimum atomic E-state index is -0.112. The van der Waals surface area contributed by atoms with Crippen LogP contribution in [-0.2, 0) is 13.2 Å². The highest BCUT2D eigenvalue weighted by Gasteiger charge is 2.18. The molecule has 0 fully saturated rings. The number of carbonyl (C=O) groups excluding carboxylic acids is 1. The van der Waals surface area contributed by atoms with Crippen molar-refractivity contribution in [3.8, 4) is 11.5 Å². The first kappa shape index (κ1) is 22.4. The number of likely N-dealkylation sites (N-methyl/N-ethyl adjacent to an activating group) is 1. The van der Waals surface area contributed by atoms with E-state index in [0.29, 0.717) is 36.8 Å². The number of nitrogens with one attached hydrogen (secondary N) is 1. The first-order chi connectivity index (χ1) is 15.0. The highest BCUT2D eigenvalue weighted by Crippen LogP contribution is 2.34. The van der Waals surface area contributed by atoms with Gasteiger partial charge in [-0.05, 0) is 44.3 Å². The molecule has 0 bridgehead atoms. The highest BCUT2D eigenvalue weighted by molar-refractivity contribution is 5.96. The van der Waals surface area contributed by atoms with Gasteiger partial charge in [-0.25, -0.2) is 0 Å². The summed E-state index contributed by atoms with van der Waals surface area (Å²) in [5.41, 5.74) is 3.48. The fraction of sp³-hybridized carbons (Fsp3) is 0.269. The second kappa shape index (κ2) is 11.2. The van der Waals surface area contributed by atoms with E-state index in [1.165, 1.54) is 0 Å². The quantitative estimate of drug-likeness (QED) is 0.529. The van der Waals surface area contributed by atoms with Gasteiger partial charge in [0.2, 0.25) is 0 Å². The fourth-order valence-electron chi connectivity index (χ4n) is 3.16. The number of hydrogen-bond donors (Lipinski definition) is 1. The molecule has 5 nitrogen and oxygen atoms in total. The first-order valence-electron chi connectivity index (χ1n) is 10.4. The topological polar surface area (TPSA) is 50.8 Å². The van der Waals surface area contributed by atoms with Gasteiger partial charge in [-0.3, -0.25) is 4.79 Å². The molecule has 0 heterocycles. The Morgan fingerprint density at radius 3 is 2.00 bits per heavy atom. The Bertz CT molecular complexity index is 973. The minimum Gasteiger partial charge on any atom is -0.485 e. The van der Waals surface area contributed by atoms with Gasteiger partial charge in [0.25, 0.3) is 5.91 Å². The van der Waals surface area contributed by atoms with E-state index in [4.69, 9.17) is 9.47 Å². The van der Waals surface area contributed by atoms with Gasteiger partial charge >= 0.3 is 0 Å². The molecule has 5 heteroatoms. The van der Waals surface area contributed by atoms with E-state index in [2.05, 4.69) is 5.32 Å². The van der Waals surface area contributed by atoms with Crippen LogP contribution in [0.3, 0.4) is 0 Å². The molecule has 0 aliphatic heterocycles. The third-order valence-electron chi connectivity index (χ3n) is 4.92. The molecule has 0 aliphatic rings. The average molecular weight is 419 g/mol. The van der Waals surface area contributed by atoms with Crippen molar-refractivity contribution in [2.45, 2.75) is 20.1 Å². The van der Waals surface area contributed by atoms with Gasteiger partial charge in [0.15, 0.2) is 11.5 Å². The summed E-state index contributed by atoms with van der Waals surface area (Å²) < 4.78 is 12.2. The van der Waals surface area contributed by atoms with Crippen molar-refractivity contribution >= 4 is 5.91 Å². The summed E-state index contributed by atoms with van der Waals surface area (Å²) in [6.45, 7) is 4.08. The number of rotatable bonds is 10. The maximum atomic E-state index is 12.7. The van der Waals surface area contributed by atoms with Crippen molar-refractivity contribution in [3.05, 3.63) is 95.1 Å². The van der Waals surface area contributed by atoms with E-state index in [-0.39, 0.29) is 5.91 Å². The van der Waals surface area contributed by atoms with Crippen LogP contribution in [0.1, 0.15) is 27.0 Å². The lowest BCUT2D eigenvalue weighted by Crippen LogP contribution is -2.31. The number of carbonyl (C=O) groups is 1. The summed E-state index contributed by atoms with van der Waals surface area (Å²) in [6, 6.07) is 23.6. The Balaban J connectivity index is 1.81. The zero-order chi connectivity index (χ0) is 22.1. The molecule has 31 heavy (non-hydrogen) atoms. The molecule has 1 N–H and O–H groups in total. The predicted octanol–water partition coefficient (Wildman–Crippen LogP) is 4.44. The molecule has 3 aromatic rings. The van der Waals surface area contributed by atoms with Gasteiger partial charge < -0.3 is 19.7 Å². The second-order valence-corrected chi connectivity index (χ2v) is 7.67. The Morgan fingerprint density at radius 1 is 0.839 bits per heavy atom. The fourth-order valence-corrected chi connectivity index (χ4v) is 3.16. The Hall–Kier alpha value is -3.31. The van der Waals surface area contributed by atoms with Gasteiger partial charge in [0, 0.05) is 24.2 Å². The van der Waals surface area contributed by atoms with Crippen LogP contribution in [0.4, 0.5) is 0 Å². The van der Waals surface area contributed by atoms with Gasteiger partial charge in [-0.1, -0.05) is 60.7 Å². The largest absolute Gasteiger partial charge is 0.485 e. The molecule has 0 radical (unpaired) electrons. The summed E-state index contributed by atoms with van der Waals surface area (Å²) in [6.07, 6.45) is 0. The summed E-state index contributed by atoms with van der Waals surface area (Å²) in [5, 5.41) is 2.97. The van der Waals surface area contributed by atoms with E-state index in [1.807, 2.05) is 92.6 Å². The zero-order valence-electron chi connectivity index (χ0n) is 18.4. The average Bonchev–Trinajstić information content (AvgIpc) is 2.78. The number of amides is 1. The first-order valence-corrected chi connectivity index (χ1v) is 10.4. The second-order valence-electron chi connectivity index (χ2n) is 7.67. The highest BCUT2D eigenvalue weighted by atomic mass is 16.5. The zero-order valence-corrected chi connectivity index (χ0v) is 18.4. The van der Waals surface area contributed by atoms with Crippen molar-refractivity contribution in [2.24, 2.45) is 0 Å². The van der Waals surface area contributed by atoms with Gasteiger partial charge in [0.05, 0.1) is 0 Å². The maximum Gasteiger partial charge on any atom is 0.251 e. The molecule has 0 saturated heterocycles. The molecule has 3 rings (SSSR count). The van der Waals surface area contributed by atoms with E-state index in [1.54, 1.807) is 6.07 Å². The number of ether oxygens (including phenoxy) is 2. The molecular weight excluding hydrogens is 388 g/mol. The van der Waals surface area contributed by atoms with Crippen molar-refractivity contribution in [1.82, 2.24) is 10.2 Å². The van der Waals surface area contributed by atoms with E-state index in [9.17, 15) is 4.79 Å². The smallest absolute Gasteiger partial charge is 0.251 e. The normalized spacial score (nSPS) is 10.7. The van der Waals surface area contributed by atoms with Crippen LogP contribution in [0.2, 0.25) is 0 Å². The summed E-state index contributed by atoms with van der Waals surface area (Å²) >= 11 is 0. The van der Waals surface area contributed by atoms with E-state index < -0.39 is 0 Å². The van der Waals surface area contributed by atoms with Gasteiger partial charge in [-0.2, -0.15) is 0 Å². The van der Waals surface area contributed by atoms with Gasteiger partial charge in [-0.15, -0.1) is 0 Å². The predicted molar refractivity (Wildman–Crippen MR) is 124 cm³/mol. The Labute approximate surface area is 184 Å². The maximum absolute atomic E-state index is 12.7. The monoisotopic (exact) mass is 418 g/mol. The molecule has 0 unspecified atom stereocenters. The molecule has 0 saturated carbocycles. The molecular formula is C26H30N2O3. The molecule has 3 aromatic carbocycles. The van der Waals surface area contributed by atoms with Crippen LogP contribution < -0.4 is 14.8 Å². The van der Waals surface area contributed by atoms with Crippen molar-refractivity contribution in [3.63, 3.8) is 0 Å². The summed E-state index contributed by atoms with van der Waals surface area (Å²) in [5.74, 6) is 1.11. The molecule has 1 amide bonds. The minimum absolute atomic E-state index is 0.112. The van der Waals surface area contributed by atoms with Gasteiger partial charge in [0.1, 0.15) is 13.2 Å². The van der Waals surface area contributed by atoms with Crippen molar-refractivity contribution in [2.75, 3.05) is 27.2 Å². The van der Waals surface area contributed by atoms with E-state index >= 15 is 0 Å². The molecule has 0 spiro atoms. The molecule has 162 valence electrons. The Morgan fingerprint density at radius 2 is 1.42 bits per heavy atom. The lowest BCUT2D eigenvalue weighted by atomic mass is 10.1. The van der Waals surface area contributed by atoms with Crippen LogP contribution in [-0.4, -0.2) is 38.0 Å². The number of benzene rings is 3. The molecule has 0 atom stereocenters. The van der Waals surface area contributed by atoms with Crippen molar-refractivity contribution < 1.29 is 14.3 Å². The third-order valence-corrected chi connectivity index (χ3v) is 4.92. The van der Waals surface area contributed by atoms with Crippen LogP contribution in [0.15, 0.2) is 72.8 Å². The lowest BCUT2D eigenvalue weighted by Gasteiger charge is -2.18. The van der Waals surface area contributed by atoms with Crippen LogP contribution >= 0.6 is 0 Å². The Kier molecular flexibility index (Phi) is 8.07. The van der Waals surface area contributed by atoms with Crippen LogP contribution in [0.25, 0.3) is 0 Å².